The predicted molar refractivity (Wildman–Crippen MR) is 92.6 cm³/mol. The van der Waals surface area contributed by atoms with Gasteiger partial charge in [-0.15, -0.1) is 0 Å². The Bertz CT molecular complexity index is 571. The third kappa shape index (κ3) is 3.20. The number of imide groups is 1. The monoisotopic (exact) mass is 356 g/mol. The number of urea groups is 1. The van der Waals surface area contributed by atoms with E-state index in [2.05, 4.69) is 44.2 Å². The Morgan fingerprint density at radius 3 is 2.54 bits per heavy atom. The number of rotatable bonds is 4. The van der Waals surface area contributed by atoms with E-state index in [4.69, 9.17) is 9.16 Å². The molecule has 3 amide bonds. The molecule has 24 heavy (non-hydrogen) atoms. The molecule has 2 aliphatic rings. The molecule has 8 heteroatoms. The van der Waals surface area contributed by atoms with E-state index in [1.54, 1.807) is 6.92 Å². The van der Waals surface area contributed by atoms with Crippen molar-refractivity contribution < 1.29 is 23.9 Å². The molecule has 0 aromatic rings. The fourth-order valence-electron chi connectivity index (χ4n) is 2.71. The Kier molecular flexibility index (Phi) is 4.82. The van der Waals surface area contributed by atoms with E-state index in [-0.39, 0.29) is 24.7 Å². The van der Waals surface area contributed by atoms with Crippen molar-refractivity contribution in [2.45, 2.75) is 64.0 Å². The quantitative estimate of drug-likeness (QED) is 0.749. The minimum Gasteiger partial charge on any atom is -0.414 e. The number of ether oxygens (including phenoxy) is 1. The first-order chi connectivity index (χ1) is 10.8. The predicted octanol–water partition coefficient (Wildman–Crippen LogP) is 1.86. The van der Waals surface area contributed by atoms with Crippen LogP contribution in [0.3, 0.4) is 0 Å². The van der Waals surface area contributed by atoms with Crippen LogP contribution in [0, 0.1) is 5.41 Å². The standard InChI is InChI=1S/C16H28N2O5Si/c1-14(2,3)24(5,6)23-10-16(7-11(19)8-22-16)15(4)9-17-13(21)18-12(15)20/h9,11,19H,7-8,10H2,1-6H3,(H,18,20,21)/t11-,15+,16+/m1/s1. The second-order valence-electron chi connectivity index (χ2n) is 8.43. The van der Waals surface area contributed by atoms with Gasteiger partial charge >= 0.3 is 6.03 Å². The summed E-state index contributed by atoms with van der Waals surface area (Å²) >= 11 is 0. The summed E-state index contributed by atoms with van der Waals surface area (Å²) in [5, 5.41) is 12.3. The van der Waals surface area contributed by atoms with Gasteiger partial charge in [-0.1, -0.05) is 20.8 Å². The molecule has 1 fully saturated rings. The van der Waals surface area contributed by atoms with Crippen LogP contribution in [0.25, 0.3) is 0 Å². The minimum atomic E-state index is -2.08. The SMILES string of the molecule is CC(C)(C)[Si](C)(C)OC[C@]1([C@@]2(C)C=NC(=O)NC2=O)C[C@@H](O)CO1. The molecule has 0 saturated carbocycles. The van der Waals surface area contributed by atoms with E-state index in [1.165, 1.54) is 6.21 Å². The van der Waals surface area contributed by atoms with Crippen molar-refractivity contribution in [3.05, 3.63) is 0 Å². The molecular formula is C16H28N2O5Si. The van der Waals surface area contributed by atoms with Crippen molar-refractivity contribution in [2.24, 2.45) is 10.4 Å². The largest absolute Gasteiger partial charge is 0.414 e. The number of aliphatic hydroxyl groups is 1. The smallest absolute Gasteiger partial charge is 0.347 e. The molecule has 2 N–H and O–H groups in total. The van der Waals surface area contributed by atoms with Gasteiger partial charge in [0.25, 0.3) is 0 Å². The molecule has 2 rings (SSSR count). The maximum Gasteiger partial charge on any atom is 0.347 e. The number of hydrogen-bond donors (Lipinski definition) is 2. The van der Waals surface area contributed by atoms with E-state index in [0.717, 1.165) is 0 Å². The topological polar surface area (TPSA) is 97.2 Å². The first-order valence-corrected chi connectivity index (χ1v) is 11.1. The van der Waals surface area contributed by atoms with Gasteiger partial charge < -0.3 is 14.3 Å². The van der Waals surface area contributed by atoms with Crippen molar-refractivity contribution in [3.63, 3.8) is 0 Å². The lowest BCUT2D eigenvalue weighted by molar-refractivity contribution is -0.145. The third-order valence-corrected chi connectivity index (χ3v) is 10.1. The summed E-state index contributed by atoms with van der Waals surface area (Å²) in [7, 11) is -2.08. The second kappa shape index (κ2) is 6.01. The van der Waals surface area contributed by atoms with E-state index in [9.17, 15) is 14.7 Å². The lowest BCUT2D eigenvalue weighted by Crippen LogP contribution is -2.62. The fraction of sp³-hybridized carbons (Fsp3) is 0.812. The van der Waals surface area contributed by atoms with Gasteiger partial charge in [0, 0.05) is 12.6 Å². The molecule has 0 unspecified atom stereocenters. The summed E-state index contributed by atoms with van der Waals surface area (Å²) in [5.74, 6) is -0.476. The molecule has 0 spiro atoms. The maximum absolute atomic E-state index is 12.5. The van der Waals surface area contributed by atoms with Crippen LogP contribution >= 0.6 is 0 Å². The number of carbonyl (C=O) groups is 2. The summed E-state index contributed by atoms with van der Waals surface area (Å²) in [6, 6.07) is -0.684. The van der Waals surface area contributed by atoms with Gasteiger partial charge in [0.2, 0.25) is 5.91 Å². The molecular weight excluding hydrogens is 328 g/mol. The summed E-state index contributed by atoms with van der Waals surface area (Å²) in [6.45, 7) is 12.6. The van der Waals surface area contributed by atoms with Crippen LogP contribution in [0.4, 0.5) is 4.79 Å². The second-order valence-corrected chi connectivity index (χ2v) is 13.2. The molecule has 3 atom stereocenters. The zero-order valence-electron chi connectivity index (χ0n) is 15.3. The normalized spacial score (nSPS) is 34.5. The summed E-state index contributed by atoms with van der Waals surface area (Å²) in [6.07, 6.45) is 0.913. The first-order valence-electron chi connectivity index (χ1n) is 8.20. The Balaban J connectivity index is 2.33. The summed E-state index contributed by atoms with van der Waals surface area (Å²) in [5.41, 5.74) is -2.23. The molecule has 0 aromatic heterocycles. The third-order valence-electron chi connectivity index (χ3n) is 5.67. The van der Waals surface area contributed by atoms with Gasteiger partial charge in [-0.3, -0.25) is 10.1 Å². The number of hydrogen-bond acceptors (Lipinski definition) is 5. The van der Waals surface area contributed by atoms with Crippen molar-refractivity contribution in [1.82, 2.24) is 5.32 Å². The van der Waals surface area contributed by atoms with E-state index >= 15 is 0 Å². The van der Waals surface area contributed by atoms with Gasteiger partial charge in [-0.25, -0.2) is 9.79 Å². The maximum atomic E-state index is 12.5. The Morgan fingerprint density at radius 1 is 1.46 bits per heavy atom. The van der Waals surface area contributed by atoms with Crippen LogP contribution in [0.5, 0.6) is 0 Å². The molecule has 0 bridgehead atoms. The van der Waals surface area contributed by atoms with Crippen molar-refractivity contribution >= 4 is 26.5 Å². The number of aliphatic imine (C=N–C) groups is 1. The molecule has 0 aromatic carbocycles. The zero-order chi connectivity index (χ0) is 18.4. The van der Waals surface area contributed by atoms with Crippen LogP contribution in [0.15, 0.2) is 4.99 Å². The summed E-state index contributed by atoms with van der Waals surface area (Å²) in [4.78, 5) is 27.6. The minimum absolute atomic E-state index is 0.00515. The van der Waals surface area contributed by atoms with Gasteiger partial charge in [-0.2, -0.15) is 0 Å². The molecule has 2 heterocycles. The average Bonchev–Trinajstić information content (AvgIpc) is 2.83. The Labute approximate surface area is 143 Å². The molecule has 0 aliphatic carbocycles. The Morgan fingerprint density at radius 2 is 2.08 bits per heavy atom. The highest BCUT2D eigenvalue weighted by Crippen LogP contribution is 2.45. The fourth-order valence-corrected chi connectivity index (χ4v) is 3.74. The van der Waals surface area contributed by atoms with Crippen molar-refractivity contribution in [3.8, 4) is 0 Å². The van der Waals surface area contributed by atoms with Crippen molar-refractivity contribution in [2.75, 3.05) is 13.2 Å². The molecule has 7 nitrogen and oxygen atoms in total. The summed E-state index contributed by atoms with van der Waals surface area (Å²) < 4.78 is 12.2. The van der Waals surface area contributed by atoms with Crippen LogP contribution in [0.1, 0.15) is 34.1 Å². The molecule has 1 saturated heterocycles. The highest BCUT2D eigenvalue weighted by molar-refractivity contribution is 6.74. The lowest BCUT2D eigenvalue weighted by atomic mass is 9.71. The molecule has 136 valence electrons. The van der Waals surface area contributed by atoms with Crippen LogP contribution in [-0.4, -0.2) is 56.5 Å². The molecule has 0 radical (unpaired) electrons. The van der Waals surface area contributed by atoms with Crippen LogP contribution in [-0.2, 0) is 14.0 Å². The number of amides is 3. The van der Waals surface area contributed by atoms with Gasteiger partial charge in [0.15, 0.2) is 8.32 Å². The number of aliphatic hydroxyl groups excluding tert-OH is 1. The van der Waals surface area contributed by atoms with E-state index < -0.39 is 37.4 Å². The van der Waals surface area contributed by atoms with Gasteiger partial charge in [-0.05, 0) is 25.1 Å². The lowest BCUT2D eigenvalue weighted by Gasteiger charge is -2.45. The first kappa shape index (κ1) is 19.2. The highest BCUT2D eigenvalue weighted by atomic mass is 28.4. The average molecular weight is 356 g/mol. The zero-order valence-corrected chi connectivity index (χ0v) is 16.3. The van der Waals surface area contributed by atoms with Gasteiger partial charge in [0.1, 0.15) is 11.0 Å². The van der Waals surface area contributed by atoms with Crippen LogP contribution < -0.4 is 5.32 Å². The van der Waals surface area contributed by atoms with E-state index in [1.807, 2.05) is 0 Å². The number of carbonyl (C=O) groups excluding carboxylic acids is 2. The highest BCUT2D eigenvalue weighted by Gasteiger charge is 2.59. The van der Waals surface area contributed by atoms with Crippen LogP contribution in [0.2, 0.25) is 18.1 Å². The van der Waals surface area contributed by atoms with Gasteiger partial charge in [0.05, 0.1) is 19.3 Å². The number of nitrogens with one attached hydrogen (secondary N) is 1. The number of nitrogens with zero attached hydrogens (tertiary/aromatic N) is 1. The van der Waals surface area contributed by atoms with Crippen molar-refractivity contribution in [1.29, 1.82) is 0 Å². The van der Waals surface area contributed by atoms with E-state index in [0.29, 0.717) is 0 Å². The Hall–Kier alpha value is -1.09. The molecule has 2 aliphatic heterocycles.